The highest BCUT2D eigenvalue weighted by Gasteiger charge is 2.42. The molecule has 3 aromatic rings. The zero-order valence-electron chi connectivity index (χ0n) is 26.9. The molecule has 3 saturated heterocycles. The first-order chi connectivity index (χ1) is 20.4. The zero-order chi connectivity index (χ0) is 31.3. The van der Waals surface area contributed by atoms with Crippen molar-refractivity contribution in [2.24, 2.45) is 0 Å². The zero-order valence-corrected chi connectivity index (χ0v) is 26.9. The van der Waals surface area contributed by atoms with Gasteiger partial charge in [0.2, 0.25) is 5.95 Å². The summed E-state index contributed by atoms with van der Waals surface area (Å²) in [5.74, 6) is 0.325. The summed E-state index contributed by atoms with van der Waals surface area (Å²) in [7, 11) is 3.60. The first-order valence-corrected chi connectivity index (χ1v) is 15.3. The minimum absolute atomic E-state index is 0.0417. The van der Waals surface area contributed by atoms with E-state index in [1.165, 1.54) is 32.1 Å². The third-order valence-electron chi connectivity index (χ3n) is 8.59. The van der Waals surface area contributed by atoms with Crippen LogP contribution in [0.1, 0.15) is 75.9 Å². The van der Waals surface area contributed by atoms with Gasteiger partial charge in [0.25, 0.3) is 0 Å². The van der Waals surface area contributed by atoms with Crippen molar-refractivity contribution < 1.29 is 4.74 Å². The highest BCUT2D eigenvalue weighted by molar-refractivity contribution is 5.82. The van der Waals surface area contributed by atoms with Crippen molar-refractivity contribution in [2.45, 2.75) is 83.5 Å². The van der Waals surface area contributed by atoms with Gasteiger partial charge in [-0.25, -0.2) is 4.98 Å². The van der Waals surface area contributed by atoms with Crippen molar-refractivity contribution >= 4 is 28.4 Å². The van der Waals surface area contributed by atoms with E-state index in [0.29, 0.717) is 24.1 Å². The summed E-state index contributed by atoms with van der Waals surface area (Å²) in [6.45, 7) is 22.4. The number of ether oxygens (including phenoxy) is 1. The standard InChI is InChI=1S/C15H19N3.C14H19N5.C5H12O/c1-4-18-14-7-15(18)10-17(9-14)12(3)13-6-5-11(2)16-8-13;1-9(16-2)12-7-10-8-17-14(15)18-13(10)19(12)11-5-3-4-6-11;1-5(2,3)6-4/h4-6,8,14-15H,1,3,7,9-10H2,2H3;7-8,11,16H,1,3-6H2,2H3,(H2,15,17,18);1-4H3. The van der Waals surface area contributed by atoms with Crippen LogP contribution in [0.5, 0.6) is 0 Å². The quantitative estimate of drug-likeness (QED) is 0.362. The highest BCUT2D eigenvalue weighted by Crippen LogP contribution is 2.36. The van der Waals surface area contributed by atoms with Crippen molar-refractivity contribution in [2.75, 3.05) is 33.0 Å². The van der Waals surface area contributed by atoms with Gasteiger partial charge in [-0.05, 0) is 71.4 Å². The molecule has 1 saturated carbocycles. The lowest BCUT2D eigenvalue weighted by Crippen LogP contribution is -2.65. The van der Waals surface area contributed by atoms with Gasteiger partial charge in [-0.15, -0.1) is 0 Å². The number of nitrogens with two attached hydrogens (primary N) is 1. The molecule has 3 aliphatic heterocycles. The van der Waals surface area contributed by atoms with Gasteiger partial charge in [-0.1, -0.05) is 32.6 Å². The fourth-order valence-corrected chi connectivity index (χ4v) is 5.89. The van der Waals surface area contributed by atoms with Gasteiger partial charge in [0, 0.05) is 80.1 Å². The van der Waals surface area contributed by atoms with E-state index >= 15 is 0 Å². The van der Waals surface area contributed by atoms with Gasteiger partial charge >= 0.3 is 0 Å². The second-order valence-electron chi connectivity index (χ2n) is 12.6. The predicted octanol–water partition coefficient (Wildman–Crippen LogP) is 6.01. The van der Waals surface area contributed by atoms with E-state index in [4.69, 9.17) is 10.5 Å². The summed E-state index contributed by atoms with van der Waals surface area (Å²) in [4.78, 5) is 17.6. The van der Waals surface area contributed by atoms with E-state index in [1.807, 2.05) is 53.2 Å². The topological polar surface area (TPSA) is 97.4 Å². The van der Waals surface area contributed by atoms with Crippen LogP contribution >= 0.6 is 0 Å². The second-order valence-corrected chi connectivity index (χ2v) is 12.6. The lowest BCUT2D eigenvalue weighted by atomic mass is 9.87. The van der Waals surface area contributed by atoms with Gasteiger partial charge in [0.1, 0.15) is 5.65 Å². The minimum atomic E-state index is 0.0417. The monoisotopic (exact) mass is 586 g/mol. The summed E-state index contributed by atoms with van der Waals surface area (Å²) in [6.07, 6.45) is 11.9. The largest absolute Gasteiger partial charge is 0.387 e. The molecule has 232 valence electrons. The summed E-state index contributed by atoms with van der Waals surface area (Å²) >= 11 is 0. The maximum Gasteiger partial charge on any atom is 0.221 e. The molecule has 1 aliphatic carbocycles. The molecule has 6 heterocycles. The molecule has 2 bridgehead atoms. The molecule has 9 heteroatoms. The Kier molecular flexibility index (Phi) is 10.2. The van der Waals surface area contributed by atoms with Gasteiger partial charge in [-0.3, -0.25) is 4.98 Å². The fourth-order valence-electron chi connectivity index (χ4n) is 5.89. The molecule has 3 aromatic heterocycles. The maximum absolute atomic E-state index is 5.74. The Labute approximate surface area is 257 Å². The molecule has 2 unspecified atom stereocenters. The lowest BCUT2D eigenvalue weighted by molar-refractivity contribution is -0.0109. The molecule has 0 spiro atoms. The molecule has 9 nitrogen and oxygen atoms in total. The second kappa shape index (κ2) is 13.6. The van der Waals surface area contributed by atoms with E-state index < -0.39 is 0 Å². The highest BCUT2D eigenvalue weighted by atomic mass is 16.5. The predicted molar refractivity (Wildman–Crippen MR) is 178 cm³/mol. The third-order valence-corrected chi connectivity index (χ3v) is 8.59. The number of aromatic nitrogens is 4. The molecular weight excluding hydrogens is 536 g/mol. The Bertz CT molecular complexity index is 1400. The number of hydrogen-bond donors (Lipinski definition) is 2. The smallest absolute Gasteiger partial charge is 0.221 e. The van der Waals surface area contributed by atoms with Crippen LogP contribution in [0, 0.1) is 6.92 Å². The number of anilines is 1. The van der Waals surface area contributed by atoms with Crippen LogP contribution in [0.2, 0.25) is 0 Å². The number of nitrogen functional groups attached to an aromatic ring is 1. The molecule has 0 amide bonds. The SMILES string of the molecule is C=C(NC)c1cc2cnc(N)nc2n1C1CCCC1.C=CN1C2CC1CN(C(=C)c1ccc(C)nc1)C2.COC(C)(C)C. The first kappa shape index (κ1) is 32.1. The summed E-state index contributed by atoms with van der Waals surface area (Å²) in [5.41, 5.74) is 12.0. The Balaban J connectivity index is 0.000000167. The van der Waals surface area contributed by atoms with Crippen molar-refractivity contribution in [3.63, 3.8) is 0 Å². The molecule has 2 atom stereocenters. The van der Waals surface area contributed by atoms with Crippen LogP contribution in [0.3, 0.4) is 0 Å². The number of fused-ring (bicyclic) bond motifs is 3. The number of nitrogens with zero attached hydrogens (tertiary/aromatic N) is 6. The molecule has 7 rings (SSSR count). The molecule has 3 N–H and O–H groups in total. The van der Waals surface area contributed by atoms with Crippen LogP contribution in [0.4, 0.5) is 5.95 Å². The van der Waals surface area contributed by atoms with Crippen LogP contribution < -0.4 is 11.1 Å². The summed E-state index contributed by atoms with van der Waals surface area (Å²) in [5, 5.41) is 4.15. The van der Waals surface area contributed by atoms with Gasteiger partial charge in [0.15, 0.2) is 0 Å². The number of piperidine rings is 1. The van der Waals surface area contributed by atoms with Crippen molar-refractivity contribution in [1.82, 2.24) is 34.6 Å². The number of rotatable bonds is 6. The number of methoxy groups -OCH3 is 1. The number of piperazine rings is 1. The van der Waals surface area contributed by atoms with E-state index in [-0.39, 0.29) is 5.60 Å². The molecule has 0 radical (unpaired) electrons. The first-order valence-electron chi connectivity index (χ1n) is 15.3. The molecule has 4 aliphatic rings. The van der Waals surface area contributed by atoms with Crippen molar-refractivity contribution in [1.29, 1.82) is 0 Å². The van der Waals surface area contributed by atoms with Crippen LogP contribution in [0.15, 0.2) is 56.5 Å². The van der Waals surface area contributed by atoms with Crippen molar-refractivity contribution in [3.05, 3.63) is 73.5 Å². The Morgan fingerprint density at radius 2 is 1.72 bits per heavy atom. The average molecular weight is 587 g/mol. The van der Waals surface area contributed by atoms with E-state index in [2.05, 4.69) is 66.5 Å². The number of hydrogen-bond acceptors (Lipinski definition) is 8. The van der Waals surface area contributed by atoms with Crippen LogP contribution in [0.25, 0.3) is 22.4 Å². The third kappa shape index (κ3) is 7.57. The van der Waals surface area contributed by atoms with Gasteiger partial charge < -0.3 is 30.2 Å². The normalized spacial score (nSPS) is 19.5. The molecule has 43 heavy (non-hydrogen) atoms. The Morgan fingerprint density at radius 3 is 2.26 bits per heavy atom. The lowest BCUT2D eigenvalue weighted by Gasteiger charge is -2.57. The fraction of sp³-hybridized carbons (Fsp3) is 0.500. The van der Waals surface area contributed by atoms with Gasteiger partial charge in [0.05, 0.1) is 17.0 Å². The van der Waals surface area contributed by atoms with Crippen LogP contribution in [-0.2, 0) is 4.74 Å². The Hall–Kier alpha value is -3.85. The van der Waals surface area contributed by atoms with E-state index in [0.717, 1.165) is 52.5 Å². The average Bonchev–Trinajstić information content (AvgIpc) is 3.65. The molecule has 0 aromatic carbocycles. The minimum Gasteiger partial charge on any atom is -0.387 e. The molecule has 4 fully saturated rings. The van der Waals surface area contributed by atoms with Crippen LogP contribution in [-0.4, -0.2) is 74.3 Å². The Morgan fingerprint density at radius 1 is 1.07 bits per heavy atom. The summed E-state index contributed by atoms with van der Waals surface area (Å²) < 4.78 is 7.21. The maximum atomic E-state index is 5.74. The summed E-state index contributed by atoms with van der Waals surface area (Å²) in [6, 6.07) is 7.98. The molecular formula is C34H50N8O. The number of aryl methyl sites for hydroxylation is 1. The number of pyridine rings is 1. The number of nitrogens with one attached hydrogen (secondary N) is 1. The van der Waals surface area contributed by atoms with E-state index in [1.54, 1.807) is 13.3 Å². The van der Waals surface area contributed by atoms with Gasteiger partial charge in [-0.2, -0.15) is 4.98 Å². The van der Waals surface area contributed by atoms with Crippen molar-refractivity contribution in [3.8, 4) is 0 Å². The van der Waals surface area contributed by atoms with E-state index in [9.17, 15) is 0 Å².